The van der Waals surface area contributed by atoms with Gasteiger partial charge in [-0.15, -0.1) is 0 Å². The van der Waals surface area contributed by atoms with Crippen molar-refractivity contribution in [3.8, 4) is 0 Å². The molecule has 0 aromatic rings. The molecule has 0 aliphatic rings. The summed E-state index contributed by atoms with van der Waals surface area (Å²) in [6, 6.07) is 0. The van der Waals surface area contributed by atoms with Crippen LogP contribution < -0.4 is 10.0 Å². The minimum atomic E-state index is -3.35. The predicted molar refractivity (Wildman–Crippen MR) is 71.1 cm³/mol. The van der Waals surface area contributed by atoms with Crippen LogP contribution in [-0.4, -0.2) is 43.7 Å². The van der Waals surface area contributed by atoms with Gasteiger partial charge in [-0.3, -0.25) is 9.59 Å². The quantitative estimate of drug-likeness (QED) is 0.580. The Bertz CT molecular complexity index is 430. The molecule has 0 aromatic carbocycles. The number of carboxylic acid groups (broad SMARTS) is 1. The molecule has 1 amide bonds. The van der Waals surface area contributed by atoms with Crippen LogP contribution in [0.4, 0.5) is 0 Å². The Kier molecular flexibility index (Phi) is 6.44. The second-order valence-corrected chi connectivity index (χ2v) is 7.19. The highest BCUT2D eigenvalue weighted by Crippen LogP contribution is 2.08. The van der Waals surface area contributed by atoms with E-state index >= 15 is 0 Å². The number of carbonyl (C=O) groups is 2. The largest absolute Gasteiger partial charge is 0.481 e. The number of aliphatic carboxylic acids is 1. The molecule has 112 valence electrons. The molecule has 0 spiro atoms. The summed E-state index contributed by atoms with van der Waals surface area (Å²) in [7, 11) is -3.35. The molecular formula is C11H22N2O5S. The molecule has 0 aliphatic heterocycles. The van der Waals surface area contributed by atoms with E-state index in [1.165, 1.54) is 0 Å². The van der Waals surface area contributed by atoms with Gasteiger partial charge in [-0.1, -0.05) is 6.92 Å². The fourth-order valence-corrected chi connectivity index (χ4v) is 2.69. The third kappa shape index (κ3) is 10.5. The first-order valence-corrected chi connectivity index (χ1v) is 7.78. The average Bonchev–Trinajstić information content (AvgIpc) is 2.09. The topological polar surface area (TPSA) is 113 Å². The van der Waals surface area contributed by atoms with E-state index in [0.29, 0.717) is 0 Å². The zero-order valence-corrected chi connectivity index (χ0v) is 12.5. The number of sulfonamides is 1. The van der Waals surface area contributed by atoms with Crippen LogP contribution in [0.2, 0.25) is 0 Å². The van der Waals surface area contributed by atoms with Gasteiger partial charge >= 0.3 is 5.97 Å². The highest BCUT2D eigenvalue weighted by molar-refractivity contribution is 7.88. The number of hydrogen-bond donors (Lipinski definition) is 3. The Morgan fingerprint density at radius 2 is 1.79 bits per heavy atom. The van der Waals surface area contributed by atoms with Crippen molar-refractivity contribution in [3.05, 3.63) is 0 Å². The lowest BCUT2D eigenvalue weighted by Crippen LogP contribution is -2.51. The van der Waals surface area contributed by atoms with E-state index in [-0.39, 0.29) is 31.2 Å². The lowest BCUT2D eigenvalue weighted by atomic mass is 10.0. The Hall–Kier alpha value is -1.15. The number of amides is 1. The number of nitrogens with one attached hydrogen (secondary N) is 2. The fourth-order valence-electron chi connectivity index (χ4n) is 1.62. The molecule has 0 saturated heterocycles. The number of carboxylic acids is 1. The molecule has 7 nitrogen and oxygen atoms in total. The van der Waals surface area contributed by atoms with Gasteiger partial charge < -0.3 is 10.4 Å². The summed E-state index contributed by atoms with van der Waals surface area (Å²) in [5.41, 5.74) is -0.792. The molecule has 19 heavy (non-hydrogen) atoms. The molecule has 0 aliphatic carbocycles. The average molecular weight is 294 g/mol. The summed E-state index contributed by atoms with van der Waals surface area (Å²) in [5, 5.41) is 11.2. The lowest BCUT2D eigenvalue weighted by molar-refractivity contribution is -0.138. The van der Waals surface area contributed by atoms with Crippen LogP contribution in [0, 0.1) is 5.92 Å². The minimum Gasteiger partial charge on any atom is -0.481 e. The molecule has 0 heterocycles. The van der Waals surface area contributed by atoms with E-state index in [1.807, 2.05) is 0 Å². The van der Waals surface area contributed by atoms with Crippen molar-refractivity contribution in [3.63, 3.8) is 0 Å². The Morgan fingerprint density at radius 1 is 1.26 bits per heavy atom. The fraction of sp³-hybridized carbons (Fsp3) is 0.818. The molecule has 0 saturated carbocycles. The van der Waals surface area contributed by atoms with Gasteiger partial charge in [-0.05, 0) is 19.8 Å². The molecule has 0 bridgehead atoms. The summed E-state index contributed by atoms with van der Waals surface area (Å²) < 4.78 is 24.6. The number of rotatable bonds is 8. The maximum absolute atomic E-state index is 11.6. The maximum Gasteiger partial charge on any atom is 0.303 e. The van der Waals surface area contributed by atoms with E-state index in [0.717, 1.165) is 6.26 Å². The second kappa shape index (κ2) is 6.85. The maximum atomic E-state index is 11.6. The molecule has 0 radical (unpaired) electrons. The molecule has 0 rings (SSSR count). The van der Waals surface area contributed by atoms with E-state index < -0.39 is 21.5 Å². The second-order valence-electron chi connectivity index (χ2n) is 5.44. The summed E-state index contributed by atoms with van der Waals surface area (Å²) in [6.45, 7) is 5.11. The van der Waals surface area contributed by atoms with Crippen molar-refractivity contribution in [2.24, 2.45) is 5.92 Å². The zero-order chi connectivity index (χ0) is 15.3. The van der Waals surface area contributed by atoms with Crippen LogP contribution in [0.25, 0.3) is 0 Å². The highest BCUT2D eigenvalue weighted by atomic mass is 32.2. The smallest absolute Gasteiger partial charge is 0.303 e. The van der Waals surface area contributed by atoms with Crippen LogP contribution in [0.3, 0.4) is 0 Å². The summed E-state index contributed by atoms with van der Waals surface area (Å²) in [4.78, 5) is 22.0. The normalized spacial score (nSPS) is 13.9. The summed E-state index contributed by atoms with van der Waals surface area (Å²) >= 11 is 0. The summed E-state index contributed by atoms with van der Waals surface area (Å²) in [5.74, 6) is -1.50. The van der Waals surface area contributed by atoms with Crippen molar-refractivity contribution in [1.29, 1.82) is 0 Å². The van der Waals surface area contributed by atoms with Gasteiger partial charge in [0.2, 0.25) is 15.9 Å². The zero-order valence-electron chi connectivity index (χ0n) is 11.7. The highest BCUT2D eigenvalue weighted by Gasteiger charge is 2.23. The van der Waals surface area contributed by atoms with Crippen molar-refractivity contribution in [1.82, 2.24) is 10.0 Å². The van der Waals surface area contributed by atoms with Gasteiger partial charge in [-0.25, -0.2) is 13.1 Å². The van der Waals surface area contributed by atoms with E-state index in [2.05, 4.69) is 10.0 Å². The molecule has 1 unspecified atom stereocenters. The minimum absolute atomic E-state index is 0.0710. The SMILES string of the molecule is CC(CC(=O)O)CC(=O)NCC(C)(C)NS(C)(=O)=O. The van der Waals surface area contributed by atoms with Gasteiger partial charge in [0.1, 0.15) is 0 Å². The lowest BCUT2D eigenvalue weighted by Gasteiger charge is -2.25. The first-order chi connectivity index (χ1) is 8.41. The number of hydrogen-bond acceptors (Lipinski definition) is 4. The molecular weight excluding hydrogens is 272 g/mol. The first kappa shape index (κ1) is 17.8. The van der Waals surface area contributed by atoms with Crippen LogP contribution in [-0.2, 0) is 19.6 Å². The van der Waals surface area contributed by atoms with E-state index in [1.54, 1.807) is 20.8 Å². The number of carbonyl (C=O) groups excluding carboxylic acids is 1. The third-order valence-corrected chi connectivity index (χ3v) is 3.17. The van der Waals surface area contributed by atoms with Gasteiger partial charge in [0.05, 0.1) is 6.26 Å². The molecule has 0 fully saturated rings. The Morgan fingerprint density at radius 3 is 2.21 bits per heavy atom. The monoisotopic (exact) mass is 294 g/mol. The van der Waals surface area contributed by atoms with E-state index in [4.69, 9.17) is 5.11 Å². The molecule has 1 atom stereocenters. The molecule has 8 heteroatoms. The van der Waals surface area contributed by atoms with Crippen molar-refractivity contribution >= 4 is 21.9 Å². The first-order valence-electron chi connectivity index (χ1n) is 5.89. The standard InChI is InChI=1S/C11H22N2O5S/c1-8(6-10(15)16)5-9(14)12-7-11(2,3)13-19(4,17)18/h8,13H,5-7H2,1-4H3,(H,12,14)(H,15,16). The van der Waals surface area contributed by atoms with Crippen LogP contribution in [0.1, 0.15) is 33.6 Å². The van der Waals surface area contributed by atoms with Crippen LogP contribution >= 0.6 is 0 Å². The van der Waals surface area contributed by atoms with Gasteiger partial charge in [-0.2, -0.15) is 0 Å². The molecule has 3 N–H and O–H groups in total. The van der Waals surface area contributed by atoms with Gasteiger partial charge in [0.15, 0.2) is 0 Å². The van der Waals surface area contributed by atoms with Crippen molar-refractivity contribution < 1.29 is 23.1 Å². The Labute approximate surface area is 113 Å². The third-order valence-electron chi connectivity index (χ3n) is 2.25. The van der Waals surface area contributed by atoms with Gasteiger partial charge in [0, 0.05) is 24.9 Å². The van der Waals surface area contributed by atoms with Crippen molar-refractivity contribution in [2.45, 2.75) is 39.2 Å². The van der Waals surface area contributed by atoms with Crippen molar-refractivity contribution in [2.75, 3.05) is 12.8 Å². The van der Waals surface area contributed by atoms with E-state index in [9.17, 15) is 18.0 Å². The predicted octanol–water partition coefficient (Wildman–Crippen LogP) is -0.0687. The summed E-state index contributed by atoms with van der Waals surface area (Å²) in [6.07, 6.45) is 1.07. The van der Waals surface area contributed by atoms with Crippen LogP contribution in [0.5, 0.6) is 0 Å². The van der Waals surface area contributed by atoms with Crippen LogP contribution in [0.15, 0.2) is 0 Å². The Balaban J connectivity index is 4.19. The van der Waals surface area contributed by atoms with Gasteiger partial charge in [0.25, 0.3) is 0 Å². The molecule has 0 aromatic heterocycles.